The first-order valence-electron chi connectivity index (χ1n) is 10.1. The minimum absolute atomic E-state index is 0.585. The molecule has 7 nitrogen and oxygen atoms in total. The van der Waals surface area contributed by atoms with Crippen LogP contribution in [0, 0.1) is 0 Å². The number of hydrogen-bond donors (Lipinski definition) is 2. The van der Waals surface area contributed by atoms with E-state index in [2.05, 4.69) is 69.8 Å². The molecule has 1 saturated carbocycles. The monoisotopic (exact) mass is 382 g/mol. The van der Waals surface area contributed by atoms with Crippen LogP contribution in [0.2, 0.25) is 0 Å². The highest BCUT2D eigenvalue weighted by atomic mass is 16.5. The Balaban J connectivity index is 1.44. The van der Waals surface area contributed by atoms with Crippen molar-refractivity contribution in [3.63, 3.8) is 0 Å². The van der Waals surface area contributed by atoms with E-state index in [0.717, 1.165) is 56.6 Å². The van der Waals surface area contributed by atoms with Crippen molar-refractivity contribution in [3.8, 4) is 0 Å². The minimum Gasteiger partial charge on any atom is -0.378 e. The maximum atomic E-state index is 5.43. The van der Waals surface area contributed by atoms with E-state index in [1.54, 1.807) is 0 Å². The Kier molecular flexibility index (Phi) is 5.92. The Morgan fingerprint density at radius 2 is 1.86 bits per heavy atom. The lowest BCUT2D eigenvalue weighted by Crippen LogP contribution is -2.36. The second-order valence-corrected chi connectivity index (χ2v) is 7.78. The quantitative estimate of drug-likeness (QED) is 0.728. The average molecular weight is 383 g/mol. The number of benzene rings is 1. The van der Waals surface area contributed by atoms with Crippen molar-refractivity contribution < 1.29 is 4.74 Å². The number of anilines is 4. The molecule has 4 rings (SSSR count). The molecule has 0 amide bonds. The van der Waals surface area contributed by atoms with Gasteiger partial charge in [0, 0.05) is 49.5 Å². The van der Waals surface area contributed by atoms with Crippen LogP contribution in [0.5, 0.6) is 0 Å². The maximum Gasteiger partial charge on any atom is 0.224 e. The van der Waals surface area contributed by atoms with Gasteiger partial charge in [0.05, 0.1) is 18.9 Å². The second-order valence-electron chi connectivity index (χ2n) is 7.78. The molecule has 28 heavy (non-hydrogen) atoms. The van der Waals surface area contributed by atoms with Crippen molar-refractivity contribution in [2.45, 2.75) is 18.8 Å². The molecule has 0 spiro atoms. The summed E-state index contributed by atoms with van der Waals surface area (Å²) < 4.78 is 5.43. The summed E-state index contributed by atoms with van der Waals surface area (Å²) in [5.74, 6) is 2.14. The van der Waals surface area contributed by atoms with Crippen LogP contribution >= 0.6 is 0 Å². The van der Waals surface area contributed by atoms with Gasteiger partial charge in [0.25, 0.3) is 0 Å². The van der Waals surface area contributed by atoms with Crippen LogP contribution in [0.3, 0.4) is 0 Å². The van der Waals surface area contributed by atoms with Crippen LogP contribution in [0.25, 0.3) is 0 Å². The summed E-state index contributed by atoms with van der Waals surface area (Å²) in [5.41, 5.74) is 3.41. The van der Waals surface area contributed by atoms with Crippen LogP contribution in [0.15, 0.2) is 30.3 Å². The molecule has 1 aromatic heterocycles. The van der Waals surface area contributed by atoms with Crippen molar-refractivity contribution in [2.24, 2.45) is 0 Å². The molecule has 1 aromatic carbocycles. The number of ether oxygens (including phenoxy) is 1. The molecular formula is C21H30N6O. The predicted molar refractivity (Wildman–Crippen MR) is 114 cm³/mol. The highest BCUT2D eigenvalue weighted by molar-refractivity contribution is 5.62. The fourth-order valence-corrected chi connectivity index (χ4v) is 3.31. The van der Waals surface area contributed by atoms with Gasteiger partial charge in [-0.1, -0.05) is 0 Å². The number of rotatable bonds is 8. The Hall–Kier alpha value is -2.38. The van der Waals surface area contributed by atoms with Gasteiger partial charge in [0.15, 0.2) is 0 Å². The molecule has 150 valence electrons. The number of nitrogens with zero attached hydrogens (tertiary/aromatic N) is 4. The average Bonchev–Trinajstić information content (AvgIpc) is 3.54. The molecule has 2 aromatic rings. The lowest BCUT2D eigenvalue weighted by Gasteiger charge is -2.28. The zero-order valence-corrected chi connectivity index (χ0v) is 16.8. The van der Waals surface area contributed by atoms with Crippen LogP contribution in [0.1, 0.15) is 24.5 Å². The van der Waals surface area contributed by atoms with Gasteiger partial charge in [-0.15, -0.1) is 0 Å². The lowest BCUT2D eigenvalue weighted by atomic mass is 10.2. The Morgan fingerprint density at radius 1 is 1.11 bits per heavy atom. The van der Waals surface area contributed by atoms with Crippen molar-refractivity contribution in [3.05, 3.63) is 36.0 Å². The van der Waals surface area contributed by atoms with E-state index < -0.39 is 0 Å². The fourth-order valence-electron chi connectivity index (χ4n) is 3.31. The fraction of sp³-hybridized carbons (Fsp3) is 0.524. The first-order chi connectivity index (χ1) is 13.7. The van der Waals surface area contributed by atoms with Crippen LogP contribution in [0.4, 0.5) is 23.1 Å². The molecular weight excluding hydrogens is 352 g/mol. The standard InChI is InChI=1S/C21H30N6O/c1-26(2)10-9-22-21-24-19(16-3-4-16)15-20(25-21)23-17-5-7-18(8-6-17)27-11-13-28-14-12-27/h5-8,15-16H,3-4,9-14H2,1-2H3,(H2,22,23,24,25). The molecule has 0 atom stereocenters. The van der Waals surface area contributed by atoms with Crippen molar-refractivity contribution in [2.75, 3.05) is 69.0 Å². The number of aromatic nitrogens is 2. The van der Waals surface area contributed by atoms with Crippen LogP contribution < -0.4 is 15.5 Å². The van der Waals surface area contributed by atoms with Crippen molar-refractivity contribution >= 4 is 23.1 Å². The third-order valence-electron chi connectivity index (χ3n) is 5.10. The Bertz CT molecular complexity index is 769. The van der Waals surface area contributed by atoms with E-state index in [9.17, 15) is 0 Å². The van der Waals surface area contributed by atoms with Crippen LogP contribution in [-0.2, 0) is 4.74 Å². The Morgan fingerprint density at radius 3 is 2.54 bits per heavy atom. The van der Waals surface area contributed by atoms with Crippen molar-refractivity contribution in [1.29, 1.82) is 0 Å². The molecule has 1 saturated heterocycles. The van der Waals surface area contributed by atoms with Gasteiger partial charge < -0.3 is 25.2 Å². The smallest absolute Gasteiger partial charge is 0.224 e. The molecule has 2 N–H and O–H groups in total. The van der Waals surface area contributed by atoms with E-state index in [1.165, 1.54) is 18.5 Å². The first-order valence-corrected chi connectivity index (χ1v) is 10.1. The van der Waals surface area contributed by atoms with E-state index in [1.807, 2.05) is 0 Å². The van der Waals surface area contributed by atoms with Gasteiger partial charge in [-0.2, -0.15) is 4.98 Å². The number of morpholine rings is 1. The van der Waals surface area contributed by atoms with Crippen LogP contribution in [-0.4, -0.2) is 68.4 Å². The minimum atomic E-state index is 0.585. The molecule has 1 aliphatic heterocycles. The molecule has 2 fully saturated rings. The lowest BCUT2D eigenvalue weighted by molar-refractivity contribution is 0.122. The summed E-state index contributed by atoms with van der Waals surface area (Å²) in [6, 6.07) is 10.6. The highest BCUT2D eigenvalue weighted by Gasteiger charge is 2.26. The molecule has 2 heterocycles. The third kappa shape index (κ3) is 5.11. The second kappa shape index (κ2) is 8.75. The van der Waals surface area contributed by atoms with Gasteiger partial charge in [-0.25, -0.2) is 4.98 Å². The molecule has 0 bridgehead atoms. The van der Waals surface area contributed by atoms with Gasteiger partial charge in [-0.05, 0) is 51.2 Å². The summed E-state index contributed by atoms with van der Waals surface area (Å²) in [7, 11) is 4.13. The summed E-state index contributed by atoms with van der Waals surface area (Å²) in [4.78, 5) is 13.9. The van der Waals surface area contributed by atoms with Crippen molar-refractivity contribution in [1.82, 2.24) is 14.9 Å². The SMILES string of the molecule is CN(C)CCNc1nc(Nc2ccc(N3CCOCC3)cc2)cc(C2CC2)n1. The van der Waals surface area contributed by atoms with Gasteiger partial charge >= 0.3 is 0 Å². The summed E-state index contributed by atoms with van der Waals surface area (Å²) in [5, 5.41) is 6.81. The molecule has 0 unspecified atom stereocenters. The summed E-state index contributed by atoms with van der Waals surface area (Å²) in [6.07, 6.45) is 2.45. The number of nitrogens with one attached hydrogen (secondary N) is 2. The number of likely N-dealkylation sites (N-methyl/N-ethyl adjacent to an activating group) is 1. The summed E-state index contributed by atoms with van der Waals surface area (Å²) in [6.45, 7) is 5.28. The number of hydrogen-bond acceptors (Lipinski definition) is 7. The molecule has 0 radical (unpaired) electrons. The topological polar surface area (TPSA) is 65.5 Å². The predicted octanol–water partition coefficient (Wildman–Crippen LogP) is 2.91. The van der Waals surface area contributed by atoms with Gasteiger partial charge in [-0.3, -0.25) is 0 Å². The molecule has 1 aliphatic carbocycles. The Labute approximate surface area is 167 Å². The van der Waals surface area contributed by atoms with E-state index >= 15 is 0 Å². The zero-order valence-electron chi connectivity index (χ0n) is 16.8. The molecule has 2 aliphatic rings. The summed E-state index contributed by atoms with van der Waals surface area (Å²) >= 11 is 0. The third-order valence-corrected chi connectivity index (χ3v) is 5.10. The first kappa shape index (κ1) is 19.0. The van der Waals surface area contributed by atoms with E-state index in [-0.39, 0.29) is 0 Å². The zero-order chi connectivity index (χ0) is 19.3. The maximum absolute atomic E-state index is 5.43. The molecule has 7 heteroatoms. The van der Waals surface area contributed by atoms with E-state index in [4.69, 9.17) is 9.72 Å². The largest absolute Gasteiger partial charge is 0.378 e. The normalized spacial score (nSPS) is 17.0. The van der Waals surface area contributed by atoms with E-state index in [0.29, 0.717) is 11.9 Å². The highest BCUT2D eigenvalue weighted by Crippen LogP contribution is 2.40. The van der Waals surface area contributed by atoms with Gasteiger partial charge in [0.2, 0.25) is 5.95 Å². The van der Waals surface area contributed by atoms with Gasteiger partial charge in [0.1, 0.15) is 5.82 Å².